The molecule has 4 nitrogen and oxygen atoms in total. The zero-order chi connectivity index (χ0) is 13.3. The number of nitro benzene ring substituents is 1. The molecular weight excluding hydrogens is 343 g/mol. The molecule has 1 unspecified atom stereocenters. The maximum absolute atomic E-state index is 11.0. The minimum atomic E-state index is -0.315. The Morgan fingerprint density at radius 2 is 2.22 bits per heavy atom. The fourth-order valence-corrected chi connectivity index (χ4v) is 3.03. The summed E-state index contributed by atoms with van der Waals surface area (Å²) in [6.45, 7) is 4.49. The molecule has 0 aromatic heterocycles. The minimum Gasteiger partial charge on any atom is -0.377 e. The maximum atomic E-state index is 11.0. The number of benzene rings is 1. The van der Waals surface area contributed by atoms with E-state index in [0.29, 0.717) is 17.1 Å². The lowest BCUT2D eigenvalue weighted by atomic mass is 9.92. The van der Waals surface area contributed by atoms with Crippen molar-refractivity contribution in [1.29, 1.82) is 0 Å². The van der Waals surface area contributed by atoms with Gasteiger partial charge in [-0.05, 0) is 59.4 Å². The van der Waals surface area contributed by atoms with Crippen molar-refractivity contribution in [1.82, 2.24) is 0 Å². The fraction of sp³-hybridized carbons (Fsp3) is 0.538. The van der Waals surface area contributed by atoms with Gasteiger partial charge in [0.25, 0.3) is 5.69 Å². The van der Waals surface area contributed by atoms with Crippen LogP contribution in [0.3, 0.4) is 0 Å². The summed E-state index contributed by atoms with van der Waals surface area (Å²) in [6, 6.07) is 5.67. The van der Waals surface area contributed by atoms with E-state index in [1.807, 2.05) is 12.1 Å². The van der Waals surface area contributed by atoms with Gasteiger partial charge in [-0.25, -0.2) is 0 Å². The summed E-state index contributed by atoms with van der Waals surface area (Å²) < 4.78 is 0.886. The highest BCUT2D eigenvalue weighted by molar-refractivity contribution is 14.1. The Labute approximate surface area is 120 Å². The van der Waals surface area contributed by atoms with Crippen molar-refractivity contribution in [2.45, 2.75) is 39.2 Å². The van der Waals surface area contributed by atoms with E-state index in [4.69, 9.17) is 0 Å². The van der Waals surface area contributed by atoms with Crippen LogP contribution in [0.25, 0.3) is 0 Å². The van der Waals surface area contributed by atoms with Crippen molar-refractivity contribution in [2.75, 3.05) is 5.32 Å². The van der Waals surface area contributed by atoms with E-state index in [0.717, 1.165) is 16.4 Å². The standard InChI is InChI=1S/C13H17IN2O2/c1-13(2)6-5-10(8-13)15-11-4-3-9(14)7-12(11)16(17)18/h3-4,7,10,15H,5-6,8H2,1-2H3. The maximum Gasteiger partial charge on any atom is 0.293 e. The second-order valence-electron chi connectivity index (χ2n) is 5.67. The van der Waals surface area contributed by atoms with Gasteiger partial charge in [-0.3, -0.25) is 10.1 Å². The highest BCUT2D eigenvalue weighted by Crippen LogP contribution is 2.39. The van der Waals surface area contributed by atoms with Gasteiger partial charge < -0.3 is 5.32 Å². The average molecular weight is 360 g/mol. The summed E-state index contributed by atoms with van der Waals surface area (Å²) >= 11 is 2.09. The first kappa shape index (κ1) is 13.6. The van der Waals surface area contributed by atoms with Crippen LogP contribution < -0.4 is 5.32 Å². The molecule has 1 atom stereocenters. The predicted molar refractivity (Wildman–Crippen MR) is 80.9 cm³/mol. The lowest BCUT2D eigenvalue weighted by molar-refractivity contribution is -0.384. The van der Waals surface area contributed by atoms with Gasteiger partial charge >= 0.3 is 0 Å². The molecule has 0 spiro atoms. The van der Waals surface area contributed by atoms with Gasteiger partial charge in [0.1, 0.15) is 5.69 Å². The molecule has 2 rings (SSSR count). The van der Waals surface area contributed by atoms with Crippen molar-refractivity contribution in [2.24, 2.45) is 5.41 Å². The molecule has 0 aliphatic heterocycles. The molecule has 1 aliphatic rings. The Hall–Kier alpha value is -0.850. The van der Waals surface area contributed by atoms with E-state index in [1.54, 1.807) is 6.07 Å². The molecule has 5 heteroatoms. The molecule has 1 saturated carbocycles. The molecule has 1 N–H and O–H groups in total. The number of halogens is 1. The molecule has 18 heavy (non-hydrogen) atoms. The summed E-state index contributed by atoms with van der Waals surface area (Å²) in [7, 11) is 0. The van der Waals surface area contributed by atoms with Crippen LogP contribution in [-0.4, -0.2) is 11.0 Å². The zero-order valence-electron chi connectivity index (χ0n) is 10.6. The van der Waals surface area contributed by atoms with Crippen LogP contribution in [0.1, 0.15) is 33.1 Å². The molecule has 98 valence electrons. The molecule has 0 amide bonds. The van der Waals surface area contributed by atoms with Crippen LogP contribution >= 0.6 is 22.6 Å². The van der Waals surface area contributed by atoms with Crippen molar-refractivity contribution in [3.05, 3.63) is 31.9 Å². The number of rotatable bonds is 3. The highest BCUT2D eigenvalue weighted by Gasteiger charge is 2.31. The SMILES string of the molecule is CC1(C)CCC(Nc2ccc(I)cc2[N+](=O)[O-])C1. The zero-order valence-corrected chi connectivity index (χ0v) is 12.7. The first-order valence-corrected chi connectivity index (χ1v) is 7.16. The normalized spacial score (nSPS) is 21.8. The number of hydrogen-bond acceptors (Lipinski definition) is 3. The minimum absolute atomic E-state index is 0.173. The molecule has 0 heterocycles. The summed E-state index contributed by atoms with van der Waals surface area (Å²) in [5.41, 5.74) is 1.16. The van der Waals surface area contributed by atoms with Crippen molar-refractivity contribution >= 4 is 34.0 Å². The molecule has 0 radical (unpaired) electrons. The third-order valence-electron chi connectivity index (χ3n) is 3.48. The van der Waals surface area contributed by atoms with Gasteiger partial charge in [0, 0.05) is 15.7 Å². The fourth-order valence-electron chi connectivity index (χ4n) is 2.56. The molecule has 1 aromatic carbocycles. The third kappa shape index (κ3) is 3.13. The largest absolute Gasteiger partial charge is 0.377 e. The van der Waals surface area contributed by atoms with Crippen LogP contribution in [0.4, 0.5) is 11.4 Å². The Kier molecular flexibility index (Phi) is 3.79. The summed E-state index contributed by atoms with van der Waals surface area (Å²) in [5, 5.41) is 14.4. The second kappa shape index (κ2) is 5.03. The Morgan fingerprint density at radius 1 is 1.50 bits per heavy atom. The van der Waals surface area contributed by atoms with Crippen LogP contribution in [-0.2, 0) is 0 Å². The first-order chi connectivity index (χ1) is 8.37. The van der Waals surface area contributed by atoms with Gasteiger partial charge in [0.2, 0.25) is 0 Å². The quantitative estimate of drug-likeness (QED) is 0.500. The molecule has 1 aromatic rings. The Bertz CT molecular complexity index is 474. The van der Waals surface area contributed by atoms with E-state index >= 15 is 0 Å². The Morgan fingerprint density at radius 3 is 2.78 bits per heavy atom. The molecule has 0 saturated heterocycles. The monoisotopic (exact) mass is 360 g/mol. The lowest BCUT2D eigenvalue weighted by Gasteiger charge is -2.18. The van der Waals surface area contributed by atoms with Gasteiger partial charge in [-0.15, -0.1) is 0 Å². The van der Waals surface area contributed by atoms with E-state index in [-0.39, 0.29) is 10.6 Å². The number of nitrogens with one attached hydrogen (secondary N) is 1. The van der Waals surface area contributed by atoms with Gasteiger partial charge in [0.15, 0.2) is 0 Å². The van der Waals surface area contributed by atoms with Crippen LogP contribution in [0.15, 0.2) is 18.2 Å². The van der Waals surface area contributed by atoms with E-state index in [2.05, 4.69) is 41.8 Å². The first-order valence-electron chi connectivity index (χ1n) is 6.08. The lowest BCUT2D eigenvalue weighted by Crippen LogP contribution is -2.18. The summed E-state index contributed by atoms with van der Waals surface area (Å²) in [4.78, 5) is 10.7. The topological polar surface area (TPSA) is 55.2 Å². The Balaban J connectivity index is 2.17. The van der Waals surface area contributed by atoms with Gasteiger partial charge in [-0.2, -0.15) is 0 Å². The molecule has 0 bridgehead atoms. The molecule has 1 aliphatic carbocycles. The number of hydrogen-bond donors (Lipinski definition) is 1. The summed E-state index contributed by atoms with van der Waals surface area (Å²) in [5.74, 6) is 0. The number of anilines is 1. The van der Waals surface area contributed by atoms with E-state index in [9.17, 15) is 10.1 Å². The molecule has 1 fully saturated rings. The smallest absolute Gasteiger partial charge is 0.293 e. The molecular formula is C13H17IN2O2. The van der Waals surface area contributed by atoms with Gasteiger partial charge in [0.05, 0.1) is 4.92 Å². The average Bonchev–Trinajstić information content (AvgIpc) is 2.60. The van der Waals surface area contributed by atoms with Crippen LogP contribution in [0.2, 0.25) is 0 Å². The number of nitrogens with zero attached hydrogens (tertiary/aromatic N) is 1. The van der Waals surface area contributed by atoms with Crippen molar-refractivity contribution < 1.29 is 4.92 Å². The highest BCUT2D eigenvalue weighted by atomic mass is 127. The van der Waals surface area contributed by atoms with Crippen molar-refractivity contribution in [3.8, 4) is 0 Å². The van der Waals surface area contributed by atoms with Crippen molar-refractivity contribution in [3.63, 3.8) is 0 Å². The predicted octanol–water partition coefficient (Wildman–Crippen LogP) is 4.19. The second-order valence-corrected chi connectivity index (χ2v) is 6.91. The third-order valence-corrected chi connectivity index (χ3v) is 4.16. The van der Waals surface area contributed by atoms with E-state index in [1.165, 1.54) is 6.42 Å². The van der Waals surface area contributed by atoms with Gasteiger partial charge in [-0.1, -0.05) is 13.8 Å². The summed E-state index contributed by atoms with van der Waals surface area (Å²) in [6.07, 6.45) is 3.31. The van der Waals surface area contributed by atoms with Crippen LogP contribution in [0, 0.1) is 19.1 Å². The number of nitro groups is 1. The van der Waals surface area contributed by atoms with E-state index < -0.39 is 0 Å². The van der Waals surface area contributed by atoms with Crippen LogP contribution in [0.5, 0.6) is 0 Å².